The molecular weight excluding hydrogens is 288 g/mol. The van der Waals surface area contributed by atoms with Gasteiger partial charge in [-0.25, -0.2) is 0 Å². The number of esters is 1. The van der Waals surface area contributed by atoms with Crippen LogP contribution in [0.1, 0.15) is 105 Å². The van der Waals surface area contributed by atoms with Crippen molar-refractivity contribution in [2.75, 3.05) is 6.61 Å². The molecule has 0 rings (SSSR count). The van der Waals surface area contributed by atoms with Gasteiger partial charge in [-0.15, -0.1) is 0 Å². The zero-order valence-corrected chi connectivity index (χ0v) is 16.0. The van der Waals surface area contributed by atoms with Gasteiger partial charge in [0.15, 0.2) is 0 Å². The van der Waals surface area contributed by atoms with Gasteiger partial charge in [0.2, 0.25) is 0 Å². The average molecular weight is 329 g/mol. The zero-order chi connectivity index (χ0) is 17.6. The van der Waals surface area contributed by atoms with Crippen LogP contribution in [0.2, 0.25) is 0 Å². The second-order valence-corrected chi connectivity index (χ2v) is 8.00. The molecule has 3 heteroatoms. The van der Waals surface area contributed by atoms with E-state index in [2.05, 4.69) is 6.92 Å². The highest BCUT2D eigenvalue weighted by molar-refractivity contribution is 5.70. The lowest BCUT2D eigenvalue weighted by atomic mass is 9.92. The fraction of sp³-hybridized carbons (Fsp3) is 0.950. The number of aliphatic hydroxyl groups is 1. The number of hydrogen-bond acceptors (Lipinski definition) is 3. The Kier molecular flexibility index (Phi) is 13.5. The molecule has 1 atom stereocenters. The Morgan fingerprint density at radius 3 is 1.83 bits per heavy atom. The van der Waals surface area contributed by atoms with Crippen molar-refractivity contribution in [2.24, 2.45) is 5.41 Å². The van der Waals surface area contributed by atoms with Gasteiger partial charge in [-0.05, 0) is 18.3 Å². The molecule has 3 nitrogen and oxygen atoms in total. The molecule has 0 aliphatic carbocycles. The summed E-state index contributed by atoms with van der Waals surface area (Å²) >= 11 is 0. The second-order valence-electron chi connectivity index (χ2n) is 8.00. The summed E-state index contributed by atoms with van der Waals surface area (Å²) in [7, 11) is 0. The van der Waals surface area contributed by atoms with Gasteiger partial charge in [0.05, 0.1) is 13.0 Å². The largest absolute Gasteiger partial charge is 0.460 e. The van der Waals surface area contributed by atoms with Crippen LogP contribution in [0, 0.1) is 5.41 Å². The van der Waals surface area contributed by atoms with Crippen molar-refractivity contribution >= 4 is 5.97 Å². The summed E-state index contributed by atoms with van der Waals surface area (Å²) in [5.41, 5.74) is -0.0613. The van der Waals surface area contributed by atoms with Crippen molar-refractivity contribution in [1.82, 2.24) is 0 Å². The standard InChI is InChI=1S/C20H40O3/c1-5-6-7-8-9-10-11-12-13-14-15-18(17-21)23-19(22)16-20(2,3)4/h18,21H,5-17H2,1-4H3. The van der Waals surface area contributed by atoms with E-state index in [9.17, 15) is 9.90 Å². The minimum atomic E-state index is -0.320. The van der Waals surface area contributed by atoms with Crippen molar-refractivity contribution in [3.05, 3.63) is 0 Å². The lowest BCUT2D eigenvalue weighted by Gasteiger charge is -2.20. The first-order valence-corrected chi connectivity index (χ1v) is 9.69. The summed E-state index contributed by atoms with van der Waals surface area (Å²) in [5, 5.41) is 9.34. The number of hydrogen-bond donors (Lipinski definition) is 1. The van der Waals surface area contributed by atoms with Gasteiger partial charge in [-0.3, -0.25) is 4.79 Å². The SMILES string of the molecule is CCCCCCCCCCCCC(CO)OC(=O)CC(C)(C)C. The van der Waals surface area contributed by atoms with E-state index < -0.39 is 0 Å². The number of carbonyl (C=O) groups is 1. The third kappa shape index (κ3) is 16.1. The van der Waals surface area contributed by atoms with Gasteiger partial charge in [-0.1, -0.05) is 85.5 Å². The highest BCUT2D eigenvalue weighted by Gasteiger charge is 2.20. The first-order valence-electron chi connectivity index (χ1n) is 9.69. The number of unbranched alkanes of at least 4 members (excludes halogenated alkanes) is 9. The molecule has 0 saturated heterocycles. The molecule has 0 aromatic heterocycles. The molecule has 0 radical (unpaired) electrons. The smallest absolute Gasteiger partial charge is 0.306 e. The summed E-state index contributed by atoms with van der Waals surface area (Å²) in [4.78, 5) is 11.8. The van der Waals surface area contributed by atoms with Crippen molar-refractivity contribution in [1.29, 1.82) is 0 Å². The minimum Gasteiger partial charge on any atom is -0.460 e. The van der Waals surface area contributed by atoms with Crippen LogP contribution in [0.5, 0.6) is 0 Å². The van der Waals surface area contributed by atoms with E-state index in [0.29, 0.717) is 6.42 Å². The molecule has 0 spiro atoms. The third-order valence-electron chi connectivity index (χ3n) is 4.06. The molecule has 138 valence electrons. The van der Waals surface area contributed by atoms with Gasteiger partial charge in [0.1, 0.15) is 6.10 Å². The van der Waals surface area contributed by atoms with Gasteiger partial charge in [0.25, 0.3) is 0 Å². The minimum absolute atomic E-state index is 0.0613. The fourth-order valence-electron chi connectivity index (χ4n) is 2.71. The van der Waals surface area contributed by atoms with Crippen LogP contribution in [0.3, 0.4) is 0 Å². The Bertz CT molecular complexity index is 281. The third-order valence-corrected chi connectivity index (χ3v) is 4.06. The normalized spacial score (nSPS) is 13.1. The molecule has 0 fully saturated rings. The van der Waals surface area contributed by atoms with Gasteiger partial charge >= 0.3 is 5.97 Å². The monoisotopic (exact) mass is 328 g/mol. The van der Waals surface area contributed by atoms with E-state index in [4.69, 9.17) is 4.74 Å². The predicted molar refractivity (Wildman–Crippen MR) is 97.5 cm³/mol. The van der Waals surface area contributed by atoms with Crippen molar-refractivity contribution < 1.29 is 14.6 Å². The molecule has 0 amide bonds. The van der Waals surface area contributed by atoms with Gasteiger partial charge < -0.3 is 9.84 Å². The second kappa shape index (κ2) is 13.8. The van der Waals surface area contributed by atoms with E-state index >= 15 is 0 Å². The van der Waals surface area contributed by atoms with Crippen molar-refractivity contribution in [3.63, 3.8) is 0 Å². The molecule has 0 bridgehead atoms. The van der Waals surface area contributed by atoms with E-state index in [1.54, 1.807) is 0 Å². The van der Waals surface area contributed by atoms with E-state index in [0.717, 1.165) is 12.8 Å². The zero-order valence-electron chi connectivity index (χ0n) is 16.0. The van der Waals surface area contributed by atoms with Crippen LogP contribution < -0.4 is 0 Å². The predicted octanol–water partition coefficient (Wildman–Crippen LogP) is 5.64. The molecule has 1 unspecified atom stereocenters. The van der Waals surface area contributed by atoms with Crippen molar-refractivity contribution in [3.8, 4) is 0 Å². The molecule has 0 aromatic carbocycles. The molecule has 1 N–H and O–H groups in total. The maximum atomic E-state index is 11.8. The average Bonchev–Trinajstić information content (AvgIpc) is 2.46. The topological polar surface area (TPSA) is 46.5 Å². The van der Waals surface area contributed by atoms with Crippen LogP contribution in [0.15, 0.2) is 0 Å². The van der Waals surface area contributed by atoms with Gasteiger partial charge in [0, 0.05) is 0 Å². The first-order chi connectivity index (χ1) is 10.9. The molecule has 0 aliphatic rings. The highest BCUT2D eigenvalue weighted by Crippen LogP contribution is 2.20. The summed E-state index contributed by atoms with van der Waals surface area (Å²) in [5.74, 6) is -0.191. The lowest BCUT2D eigenvalue weighted by molar-refractivity contribution is -0.153. The Balaban J connectivity index is 3.55. The Morgan fingerprint density at radius 2 is 1.39 bits per heavy atom. The Labute approximate surface area is 144 Å². The number of rotatable bonds is 14. The molecule has 0 saturated carbocycles. The van der Waals surface area contributed by atoms with Gasteiger partial charge in [-0.2, -0.15) is 0 Å². The quantitative estimate of drug-likeness (QED) is 0.331. The molecule has 23 heavy (non-hydrogen) atoms. The number of carbonyl (C=O) groups excluding carboxylic acids is 1. The lowest BCUT2D eigenvalue weighted by Crippen LogP contribution is -2.24. The number of aliphatic hydroxyl groups excluding tert-OH is 1. The van der Waals surface area contributed by atoms with Crippen LogP contribution in [-0.4, -0.2) is 23.8 Å². The highest BCUT2D eigenvalue weighted by atomic mass is 16.5. The summed E-state index contributed by atoms with van der Waals surface area (Å²) in [6.07, 6.45) is 13.8. The van der Waals surface area contributed by atoms with Crippen LogP contribution in [-0.2, 0) is 9.53 Å². The maximum absolute atomic E-state index is 11.8. The number of ether oxygens (including phenoxy) is 1. The summed E-state index contributed by atoms with van der Waals surface area (Å²) in [6.45, 7) is 8.24. The van der Waals surface area contributed by atoms with E-state index in [1.807, 2.05) is 20.8 Å². The molecule has 0 aliphatic heterocycles. The summed E-state index contributed by atoms with van der Waals surface area (Å²) in [6, 6.07) is 0. The fourth-order valence-corrected chi connectivity index (χ4v) is 2.71. The van der Waals surface area contributed by atoms with Crippen molar-refractivity contribution in [2.45, 2.75) is 111 Å². The van der Waals surface area contributed by atoms with E-state index in [-0.39, 0.29) is 24.1 Å². The first kappa shape index (κ1) is 22.4. The Hall–Kier alpha value is -0.570. The van der Waals surface area contributed by atoms with E-state index in [1.165, 1.54) is 57.8 Å². The molecule has 0 heterocycles. The maximum Gasteiger partial charge on any atom is 0.306 e. The summed E-state index contributed by atoms with van der Waals surface area (Å²) < 4.78 is 5.37. The molecular formula is C20H40O3. The van der Waals surface area contributed by atoms with Crippen LogP contribution in [0.4, 0.5) is 0 Å². The van der Waals surface area contributed by atoms with Crippen LogP contribution in [0.25, 0.3) is 0 Å². The van der Waals surface area contributed by atoms with Crippen LogP contribution >= 0.6 is 0 Å². The molecule has 0 aromatic rings. The Morgan fingerprint density at radius 1 is 0.913 bits per heavy atom.